The van der Waals surface area contributed by atoms with Crippen LogP contribution in [0.1, 0.15) is 54.4 Å². The Balaban J connectivity index is 1.28. The molecule has 0 bridgehead atoms. The van der Waals surface area contributed by atoms with Crippen LogP contribution >= 0.6 is 0 Å². The van der Waals surface area contributed by atoms with Crippen LogP contribution in [0, 0.1) is 23.7 Å². The summed E-state index contributed by atoms with van der Waals surface area (Å²) in [4.78, 5) is 0. The third kappa shape index (κ3) is 8.82. The predicted octanol–water partition coefficient (Wildman–Crippen LogP) is 6.94. The van der Waals surface area contributed by atoms with Crippen LogP contribution in [0.4, 0.5) is 0 Å². The van der Waals surface area contributed by atoms with Crippen LogP contribution in [0.3, 0.4) is 0 Å². The average molecular weight is 659 g/mol. The molecule has 0 N–H and O–H groups in total. The molecule has 0 heterocycles. The van der Waals surface area contributed by atoms with E-state index >= 15 is 0 Å². The lowest BCUT2D eigenvalue weighted by Crippen LogP contribution is -2.66. The fourth-order valence-electron chi connectivity index (χ4n) is 6.47. The molecule has 0 saturated carbocycles. The Labute approximate surface area is 286 Å². The molecule has 0 aliphatic carbocycles. The standard InChI is InChI=1S/C42H50O3Si2/c1-41(2,3)46(37-25-13-7-14-26-37,38-27-15-8-16-28-38)44-35-23-11-21-33-43-34-22-12-24-36-45-47(42(4,5)6,39-29-17-9-18-30-39)40-31-19-10-20-32-40/h7-10,13-20,25-32H,23-24,33-36H2,1-6H3. The van der Waals surface area contributed by atoms with Gasteiger partial charge >= 0.3 is 0 Å². The topological polar surface area (TPSA) is 27.7 Å². The summed E-state index contributed by atoms with van der Waals surface area (Å²) in [6.45, 7) is 15.6. The van der Waals surface area contributed by atoms with E-state index in [1.807, 2.05) is 0 Å². The number of ether oxygens (including phenoxy) is 1. The van der Waals surface area contributed by atoms with Crippen LogP contribution in [0.15, 0.2) is 121 Å². The molecule has 5 heteroatoms. The Hall–Kier alpha value is -3.69. The van der Waals surface area contributed by atoms with Gasteiger partial charge in [-0.3, -0.25) is 0 Å². The minimum atomic E-state index is -2.53. The molecule has 0 fully saturated rings. The molecule has 0 radical (unpaired) electrons. The van der Waals surface area contributed by atoms with Crippen molar-refractivity contribution in [3.63, 3.8) is 0 Å². The highest BCUT2D eigenvalue weighted by Crippen LogP contribution is 2.37. The number of hydrogen-bond acceptors (Lipinski definition) is 3. The van der Waals surface area contributed by atoms with E-state index in [4.69, 9.17) is 13.6 Å². The van der Waals surface area contributed by atoms with Gasteiger partial charge in [0.15, 0.2) is 0 Å². The predicted molar refractivity (Wildman–Crippen MR) is 203 cm³/mol. The van der Waals surface area contributed by atoms with E-state index in [-0.39, 0.29) is 10.1 Å². The van der Waals surface area contributed by atoms with Crippen molar-refractivity contribution in [3.8, 4) is 23.7 Å². The van der Waals surface area contributed by atoms with Crippen LogP contribution in [0.5, 0.6) is 0 Å². The number of benzene rings is 4. The molecule has 4 aromatic carbocycles. The van der Waals surface area contributed by atoms with Gasteiger partial charge < -0.3 is 13.6 Å². The molecule has 244 valence electrons. The second kappa shape index (κ2) is 16.9. The van der Waals surface area contributed by atoms with Crippen LogP contribution in [0.2, 0.25) is 10.1 Å². The Bertz CT molecular complexity index is 1420. The van der Waals surface area contributed by atoms with Crippen molar-refractivity contribution < 1.29 is 13.6 Å². The number of rotatable bonds is 12. The smallest absolute Gasteiger partial charge is 0.261 e. The lowest BCUT2D eigenvalue weighted by atomic mass is 10.2. The van der Waals surface area contributed by atoms with Crippen molar-refractivity contribution in [1.82, 2.24) is 0 Å². The van der Waals surface area contributed by atoms with Gasteiger partial charge in [-0.25, -0.2) is 0 Å². The van der Waals surface area contributed by atoms with Gasteiger partial charge in [-0.2, -0.15) is 0 Å². The minimum absolute atomic E-state index is 0.0462. The van der Waals surface area contributed by atoms with Gasteiger partial charge in [0.1, 0.15) is 13.2 Å². The molecular formula is C42H50O3Si2. The maximum absolute atomic E-state index is 6.91. The van der Waals surface area contributed by atoms with Crippen LogP contribution in [-0.2, 0) is 13.6 Å². The zero-order valence-electron chi connectivity index (χ0n) is 29.0. The van der Waals surface area contributed by atoms with Crippen molar-refractivity contribution in [2.24, 2.45) is 0 Å². The second-order valence-corrected chi connectivity index (χ2v) is 22.3. The normalized spacial score (nSPS) is 12.0. The first-order valence-corrected chi connectivity index (χ1v) is 20.4. The lowest BCUT2D eigenvalue weighted by Gasteiger charge is -2.43. The second-order valence-electron chi connectivity index (χ2n) is 13.7. The van der Waals surface area contributed by atoms with Gasteiger partial charge in [0.05, 0.1) is 0 Å². The molecule has 0 spiro atoms. The highest BCUT2D eigenvalue weighted by atomic mass is 28.4. The Kier molecular flexibility index (Phi) is 13.0. The van der Waals surface area contributed by atoms with Gasteiger partial charge in [0, 0.05) is 26.1 Å². The molecule has 0 aliphatic heterocycles. The third-order valence-corrected chi connectivity index (χ3v) is 18.6. The monoisotopic (exact) mass is 658 g/mol. The summed E-state index contributed by atoms with van der Waals surface area (Å²) >= 11 is 0. The third-order valence-electron chi connectivity index (χ3n) is 8.52. The summed E-state index contributed by atoms with van der Waals surface area (Å²) in [5.74, 6) is 12.8. The first kappa shape index (κ1) is 36.2. The summed E-state index contributed by atoms with van der Waals surface area (Å²) in [5, 5.41) is 5.04. The number of hydrogen-bond donors (Lipinski definition) is 0. The van der Waals surface area contributed by atoms with E-state index < -0.39 is 16.6 Å². The van der Waals surface area contributed by atoms with Crippen molar-refractivity contribution in [1.29, 1.82) is 0 Å². The maximum Gasteiger partial charge on any atom is 0.261 e. The van der Waals surface area contributed by atoms with E-state index in [9.17, 15) is 0 Å². The van der Waals surface area contributed by atoms with Crippen LogP contribution < -0.4 is 20.7 Å². The minimum Gasteiger partial charge on any atom is -0.406 e. The molecule has 0 amide bonds. The highest BCUT2D eigenvalue weighted by molar-refractivity contribution is 7.00. The summed E-state index contributed by atoms with van der Waals surface area (Å²) < 4.78 is 19.5. The van der Waals surface area contributed by atoms with Crippen molar-refractivity contribution in [3.05, 3.63) is 121 Å². The van der Waals surface area contributed by atoms with Gasteiger partial charge in [0.25, 0.3) is 16.6 Å². The maximum atomic E-state index is 6.91. The van der Waals surface area contributed by atoms with Gasteiger partial charge in [-0.05, 0) is 30.8 Å². The molecular weight excluding hydrogens is 609 g/mol. The van der Waals surface area contributed by atoms with E-state index in [0.717, 1.165) is 0 Å². The summed E-state index contributed by atoms with van der Waals surface area (Å²) in [5.41, 5.74) is 0. The Morgan fingerprint density at radius 2 is 0.702 bits per heavy atom. The molecule has 47 heavy (non-hydrogen) atoms. The molecule has 3 nitrogen and oxygen atoms in total. The fraction of sp³-hybridized carbons (Fsp3) is 0.333. The summed E-state index contributed by atoms with van der Waals surface area (Å²) in [7, 11) is -5.07. The zero-order chi connectivity index (χ0) is 33.6. The molecule has 4 aromatic rings. The Morgan fingerprint density at radius 3 is 0.957 bits per heavy atom. The van der Waals surface area contributed by atoms with Crippen LogP contribution in [0.25, 0.3) is 0 Å². The Morgan fingerprint density at radius 1 is 0.426 bits per heavy atom. The summed E-state index contributed by atoms with van der Waals surface area (Å²) in [6.07, 6.45) is 1.30. The van der Waals surface area contributed by atoms with Gasteiger partial charge in [-0.15, -0.1) is 0 Å². The lowest BCUT2D eigenvalue weighted by molar-refractivity contribution is 0.204. The molecule has 4 rings (SSSR count). The first-order chi connectivity index (χ1) is 22.6. The van der Waals surface area contributed by atoms with E-state index in [2.05, 4.69) is 187 Å². The SMILES string of the molecule is CC(C)(C)[Si](OCCC#CCOCC#CCCO[Si](c1ccccc1)(c1ccccc1)C(C)(C)C)(c1ccccc1)c1ccccc1. The van der Waals surface area contributed by atoms with E-state index in [1.165, 1.54) is 20.7 Å². The van der Waals surface area contributed by atoms with Crippen molar-refractivity contribution in [2.45, 2.75) is 64.5 Å². The van der Waals surface area contributed by atoms with Crippen molar-refractivity contribution >= 4 is 37.4 Å². The molecule has 0 aromatic heterocycles. The average Bonchev–Trinajstić information content (AvgIpc) is 3.07. The molecule has 0 atom stereocenters. The molecule has 0 aliphatic rings. The highest BCUT2D eigenvalue weighted by Gasteiger charge is 2.51. The van der Waals surface area contributed by atoms with E-state index in [1.54, 1.807) is 0 Å². The van der Waals surface area contributed by atoms with Gasteiger partial charge in [-0.1, -0.05) is 187 Å². The summed E-state index contributed by atoms with van der Waals surface area (Å²) in [6, 6.07) is 42.9. The van der Waals surface area contributed by atoms with Crippen LogP contribution in [-0.4, -0.2) is 43.1 Å². The first-order valence-electron chi connectivity index (χ1n) is 16.6. The molecule has 0 unspecified atom stereocenters. The molecule has 0 saturated heterocycles. The zero-order valence-corrected chi connectivity index (χ0v) is 31.0. The largest absolute Gasteiger partial charge is 0.406 e. The van der Waals surface area contributed by atoms with E-state index in [0.29, 0.717) is 39.3 Å². The fourth-order valence-corrected chi connectivity index (χ4v) is 15.6. The van der Waals surface area contributed by atoms with Crippen molar-refractivity contribution in [2.75, 3.05) is 26.4 Å². The quantitative estimate of drug-likeness (QED) is 0.0938. The van der Waals surface area contributed by atoms with Gasteiger partial charge in [0.2, 0.25) is 0 Å².